The van der Waals surface area contributed by atoms with E-state index < -0.39 is 5.91 Å². The maximum atomic E-state index is 14.9. The molecule has 0 saturated carbocycles. The van der Waals surface area contributed by atoms with Crippen molar-refractivity contribution in [3.63, 3.8) is 0 Å². The Hall–Kier alpha value is -2.70. The van der Waals surface area contributed by atoms with Crippen molar-refractivity contribution in [1.82, 2.24) is 15.6 Å². The van der Waals surface area contributed by atoms with Gasteiger partial charge in [-0.05, 0) is 78.2 Å². The van der Waals surface area contributed by atoms with Gasteiger partial charge in [0.1, 0.15) is 5.82 Å². The molecule has 1 aromatic heterocycles. The predicted octanol–water partition coefficient (Wildman–Crippen LogP) is 4.68. The first-order chi connectivity index (χ1) is 15.2. The molecule has 1 aliphatic rings. The van der Waals surface area contributed by atoms with Crippen molar-refractivity contribution in [3.05, 3.63) is 59.0 Å². The number of carbonyl (C=O) groups excluding carboxylic acids is 1. The molecule has 3 aromatic rings. The Morgan fingerprint density at radius 2 is 1.94 bits per heavy atom. The maximum Gasteiger partial charge on any atom is 0.250 e. The number of hydrogen-bond acceptors (Lipinski definition) is 3. The fourth-order valence-corrected chi connectivity index (χ4v) is 4.56. The summed E-state index contributed by atoms with van der Waals surface area (Å²) in [4.78, 5) is 15.5. The third kappa shape index (κ3) is 4.87. The monoisotopic (exact) mass is 436 g/mol. The lowest BCUT2D eigenvalue weighted by molar-refractivity contribution is 0.100. The van der Waals surface area contributed by atoms with Crippen LogP contribution in [0.25, 0.3) is 22.0 Å². The minimum absolute atomic E-state index is 0.170. The van der Waals surface area contributed by atoms with Crippen LogP contribution in [0.15, 0.2) is 36.5 Å². The van der Waals surface area contributed by atoms with Crippen LogP contribution in [-0.2, 0) is 6.54 Å². The average molecular weight is 437 g/mol. The summed E-state index contributed by atoms with van der Waals surface area (Å²) in [5, 5.41) is 7.79. The number of hydrogen-bond donors (Lipinski definition) is 4. The van der Waals surface area contributed by atoms with E-state index in [0.717, 1.165) is 48.9 Å². The van der Waals surface area contributed by atoms with Crippen LogP contribution >= 0.6 is 0 Å². The smallest absolute Gasteiger partial charge is 0.250 e. The minimum Gasteiger partial charge on any atom is -0.366 e. The van der Waals surface area contributed by atoms with E-state index in [1.807, 2.05) is 18.3 Å². The maximum absolute atomic E-state index is 14.9. The van der Waals surface area contributed by atoms with Gasteiger partial charge in [-0.15, -0.1) is 0 Å². The van der Waals surface area contributed by atoms with E-state index in [2.05, 4.69) is 36.4 Å². The molecule has 1 aliphatic heterocycles. The number of aromatic amines is 1. The fraction of sp³-hybridized carbons (Fsp3) is 0.423. The molecule has 1 fully saturated rings. The standard InChI is InChI=1S/C26H33FN4O/c1-26(2,3)15-30-13-16-4-5-23(27)19(10-16)18-11-20-22(17-6-8-29-9-7-17)14-31-24(20)21(12-18)25(28)32/h4-5,10-12,14,17,29-31H,6-9,13,15H2,1-3H3,(H2,28,32). The van der Waals surface area contributed by atoms with Crippen molar-refractivity contribution in [2.45, 2.75) is 46.1 Å². The third-order valence-electron chi connectivity index (χ3n) is 6.19. The predicted molar refractivity (Wildman–Crippen MR) is 128 cm³/mol. The highest BCUT2D eigenvalue weighted by Crippen LogP contribution is 2.36. The van der Waals surface area contributed by atoms with Gasteiger partial charge in [0.05, 0.1) is 11.1 Å². The second-order valence-corrected chi connectivity index (χ2v) is 10.1. The number of aromatic nitrogens is 1. The molecule has 1 amide bonds. The Morgan fingerprint density at radius 1 is 1.19 bits per heavy atom. The molecule has 2 heterocycles. The van der Waals surface area contributed by atoms with Crippen LogP contribution in [0.4, 0.5) is 4.39 Å². The summed E-state index contributed by atoms with van der Waals surface area (Å²) in [6.07, 6.45) is 4.05. The van der Waals surface area contributed by atoms with Crippen molar-refractivity contribution in [2.24, 2.45) is 11.1 Å². The highest BCUT2D eigenvalue weighted by Gasteiger charge is 2.22. The summed E-state index contributed by atoms with van der Waals surface area (Å²) in [6, 6.07) is 8.88. The Morgan fingerprint density at radius 3 is 2.62 bits per heavy atom. The Balaban J connectivity index is 1.75. The average Bonchev–Trinajstić information content (AvgIpc) is 3.18. The lowest BCUT2D eigenvalue weighted by Gasteiger charge is -2.22. The molecule has 0 radical (unpaired) electrons. The van der Waals surface area contributed by atoms with E-state index in [0.29, 0.717) is 29.2 Å². The molecule has 0 aliphatic carbocycles. The van der Waals surface area contributed by atoms with Crippen LogP contribution < -0.4 is 16.4 Å². The summed E-state index contributed by atoms with van der Waals surface area (Å²) in [6.45, 7) is 9.98. The number of carbonyl (C=O) groups is 1. The lowest BCUT2D eigenvalue weighted by atomic mass is 9.88. The van der Waals surface area contributed by atoms with Gasteiger partial charge < -0.3 is 21.4 Å². The Bertz CT molecular complexity index is 1120. The number of fused-ring (bicyclic) bond motifs is 1. The number of halogens is 1. The van der Waals surface area contributed by atoms with Gasteiger partial charge in [-0.25, -0.2) is 4.39 Å². The normalized spacial score (nSPS) is 15.4. The van der Waals surface area contributed by atoms with Crippen LogP contribution in [-0.4, -0.2) is 30.5 Å². The van der Waals surface area contributed by atoms with E-state index in [9.17, 15) is 9.18 Å². The van der Waals surface area contributed by atoms with Gasteiger partial charge in [0, 0.05) is 30.2 Å². The Kier molecular flexibility index (Phi) is 6.35. The number of H-pyrrole nitrogens is 1. The second kappa shape index (κ2) is 9.04. The zero-order chi connectivity index (χ0) is 22.9. The van der Waals surface area contributed by atoms with Crippen molar-refractivity contribution >= 4 is 16.8 Å². The van der Waals surface area contributed by atoms with E-state index in [1.165, 1.54) is 11.6 Å². The van der Waals surface area contributed by atoms with Gasteiger partial charge >= 0.3 is 0 Å². The van der Waals surface area contributed by atoms with E-state index >= 15 is 0 Å². The quantitative estimate of drug-likeness (QED) is 0.453. The van der Waals surface area contributed by atoms with Crippen LogP contribution in [0.5, 0.6) is 0 Å². The number of nitrogens with one attached hydrogen (secondary N) is 3. The van der Waals surface area contributed by atoms with Gasteiger partial charge in [0.15, 0.2) is 0 Å². The highest BCUT2D eigenvalue weighted by atomic mass is 19.1. The molecular weight excluding hydrogens is 403 g/mol. The summed E-state index contributed by atoms with van der Waals surface area (Å²) in [7, 11) is 0. The molecule has 0 bridgehead atoms. The first kappa shape index (κ1) is 22.5. The molecule has 6 heteroatoms. The molecule has 4 rings (SSSR count). The zero-order valence-corrected chi connectivity index (χ0v) is 19.1. The SMILES string of the molecule is CC(C)(C)CNCc1ccc(F)c(-c2cc(C(N)=O)c3[nH]cc(C4CCNCC4)c3c2)c1. The first-order valence-corrected chi connectivity index (χ1v) is 11.4. The molecule has 170 valence electrons. The zero-order valence-electron chi connectivity index (χ0n) is 19.1. The van der Waals surface area contributed by atoms with E-state index in [4.69, 9.17) is 5.73 Å². The van der Waals surface area contributed by atoms with Crippen molar-refractivity contribution in [3.8, 4) is 11.1 Å². The van der Waals surface area contributed by atoms with Crippen LogP contribution in [0.2, 0.25) is 0 Å². The summed E-state index contributed by atoms with van der Waals surface area (Å²) < 4.78 is 14.9. The number of rotatable bonds is 6. The number of piperidine rings is 1. The lowest BCUT2D eigenvalue weighted by Crippen LogP contribution is -2.26. The summed E-state index contributed by atoms with van der Waals surface area (Å²) in [5.74, 6) is -0.420. The number of primary amides is 1. The summed E-state index contributed by atoms with van der Waals surface area (Å²) in [5.41, 5.74) is 10.4. The molecule has 5 N–H and O–H groups in total. The molecule has 5 nitrogen and oxygen atoms in total. The number of benzene rings is 2. The molecular formula is C26H33FN4O. The van der Waals surface area contributed by atoms with Crippen molar-refractivity contribution in [2.75, 3.05) is 19.6 Å². The van der Waals surface area contributed by atoms with E-state index in [-0.39, 0.29) is 11.2 Å². The molecule has 0 atom stereocenters. The number of amides is 1. The van der Waals surface area contributed by atoms with Gasteiger partial charge in [-0.1, -0.05) is 26.8 Å². The van der Waals surface area contributed by atoms with Gasteiger partial charge in [-0.2, -0.15) is 0 Å². The first-order valence-electron chi connectivity index (χ1n) is 11.4. The number of nitrogens with two attached hydrogens (primary N) is 1. The second-order valence-electron chi connectivity index (χ2n) is 10.1. The van der Waals surface area contributed by atoms with Crippen LogP contribution in [0, 0.1) is 11.2 Å². The molecule has 0 unspecified atom stereocenters. The highest BCUT2D eigenvalue weighted by molar-refractivity contribution is 6.07. The third-order valence-corrected chi connectivity index (χ3v) is 6.19. The Labute approximate surface area is 189 Å². The van der Waals surface area contributed by atoms with Crippen molar-refractivity contribution in [1.29, 1.82) is 0 Å². The van der Waals surface area contributed by atoms with Crippen molar-refractivity contribution < 1.29 is 9.18 Å². The summed E-state index contributed by atoms with van der Waals surface area (Å²) >= 11 is 0. The molecule has 2 aromatic carbocycles. The minimum atomic E-state index is -0.515. The van der Waals surface area contributed by atoms with Crippen LogP contribution in [0.3, 0.4) is 0 Å². The largest absolute Gasteiger partial charge is 0.366 e. The van der Waals surface area contributed by atoms with Gasteiger partial charge in [-0.3, -0.25) is 4.79 Å². The molecule has 1 saturated heterocycles. The van der Waals surface area contributed by atoms with E-state index in [1.54, 1.807) is 12.1 Å². The molecule has 0 spiro atoms. The van der Waals surface area contributed by atoms with Crippen LogP contribution in [0.1, 0.15) is 61.0 Å². The topological polar surface area (TPSA) is 82.9 Å². The van der Waals surface area contributed by atoms with Gasteiger partial charge in [0.2, 0.25) is 0 Å². The molecule has 32 heavy (non-hydrogen) atoms. The van der Waals surface area contributed by atoms with Gasteiger partial charge in [0.25, 0.3) is 5.91 Å². The fourth-order valence-electron chi connectivity index (χ4n) is 4.56.